The Kier molecular flexibility index (Phi) is 6.59. The summed E-state index contributed by atoms with van der Waals surface area (Å²) in [5.41, 5.74) is 2.01. The van der Waals surface area contributed by atoms with Gasteiger partial charge in [0, 0.05) is 24.7 Å². The molecule has 29 heavy (non-hydrogen) atoms. The smallest absolute Gasteiger partial charge is 0.387 e. The second-order valence-corrected chi connectivity index (χ2v) is 6.74. The number of alkyl halides is 2. The third kappa shape index (κ3) is 5.19. The first kappa shape index (κ1) is 20.5. The van der Waals surface area contributed by atoms with Crippen LogP contribution in [0.25, 0.3) is 6.08 Å². The van der Waals surface area contributed by atoms with E-state index in [-0.39, 0.29) is 11.7 Å². The van der Waals surface area contributed by atoms with E-state index in [0.29, 0.717) is 29.9 Å². The highest BCUT2D eigenvalue weighted by Crippen LogP contribution is 2.25. The summed E-state index contributed by atoms with van der Waals surface area (Å²) in [6.07, 6.45) is 4.57. The van der Waals surface area contributed by atoms with Crippen molar-refractivity contribution in [3.8, 4) is 5.75 Å². The van der Waals surface area contributed by atoms with E-state index < -0.39 is 12.5 Å². The van der Waals surface area contributed by atoms with Crippen LogP contribution in [0.1, 0.15) is 34.3 Å². The number of para-hydroxylation sites is 2. The largest absolute Gasteiger partial charge is 0.434 e. The number of likely N-dealkylation sites (tertiary alicyclic amines) is 1. The molecule has 5 nitrogen and oxygen atoms in total. The number of nitrogens with zero attached hydrogens (tertiary/aromatic N) is 1. The lowest BCUT2D eigenvalue weighted by Crippen LogP contribution is -2.29. The fourth-order valence-corrected chi connectivity index (χ4v) is 3.25. The summed E-state index contributed by atoms with van der Waals surface area (Å²) in [5.74, 6) is -0.602. The third-order valence-corrected chi connectivity index (χ3v) is 4.69. The zero-order valence-corrected chi connectivity index (χ0v) is 16.0. The van der Waals surface area contributed by atoms with Crippen LogP contribution in [0.4, 0.5) is 14.5 Å². The van der Waals surface area contributed by atoms with Crippen molar-refractivity contribution >= 4 is 23.6 Å². The van der Waals surface area contributed by atoms with Crippen molar-refractivity contribution in [3.05, 3.63) is 65.2 Å². The van der Waals surface area contributed by atoms with Crippen LogP contribution in [0.3, 0.4) is 0 Å². The molecule has 1 saturated heterocycles. The van der Waals surface area contributed by atoms with Gasteiger partial charge in [-0.2, -0.15) is 8.78 Å². The maximum absolute atomic E-state index is 12.8. The van der Waals surface area contributed by atoms with Gasteiger partial charge in [-0.25, -0.2) is 0 Å². The highest BCUT2D eigenvalue weighted by molar-refractivity contribution is 6.08. The summed E-state index contributed by atoms with van der Waals surface area (Å²) in [4.78, 5) is 27.0. The van der Waals surface area contributed by atoms with E-state index in [1.165, 1.54) is 18.2 Å². The average Bonchev–Trinajstić information content (AvgIpc) is 3.23. The summed E-state index contributed by atoms with van der Waals surface area (Å²) in [5, 5.41) is 2.75. The van der Waals surface area contributed by atoms with Crippen molar-refractivity contribution in [2.45, 2.75) is 26.4 Å². The number of hydrogen-bond donors (Lipinski definition) is 1. The molecule has 0 saturated carbocycles. The van der Waals surface area contributed by atoms with E-state index in [1.807, 2.05) is 13.0 Å². The quantitative estimate of drug-likeness (QED) is 0.727. The van der Waals surface area contributed by atoms with E-state index in [2.05, 4.69) is 10.1 Å². The number of carbonyl (C=O) groups is 2. The third-order valence-electron chi connectivity index (χ3n) is 4.69. The summed E-state index contributed by atoms with van der Waals surface area (Å²) >= 11 is 0. The molecular formula is C22H22F2N2O3. The number of ether oxygens (including phenoxy) is 1. The predicted molar refractivity (Wildman–Crippen MR) is 107 cm³/mol. The lowest BCUT2D eigenvalue weighted by molar-refractivity contribution is -0.111. The molecule has 1 heterocycles. The molecule has 0 aliphatic carbocycles. The lowest BCUT2D eigenvalue weighted by Gasteiger charge is -2.19. The monoisotopic (exact) mass is 400 g/mol. The molecule has 0 bridgehead atoms. The van der Waals surface area contributed by atoms with Gasteiger partial charge in [-0.3, -0.25) is 9.59 Å². The first-order chi connectivity index (χ1) is 14.0. The lowest BCUT2D eigenvalue weighted by atomic mass is 10.1. The maximum Gasteiger partial charge on any atom is 0.387 e. The summed E-state index contributed by atoms with van der Waals surface area (Å²) < 4.78 is 29.5. The second kappa shape index (κ2) is 9.32. The number of carbonyl (C=O) groups excluding carboxylic acids is 2. The molecule has 0 spiro atoms. The van der Waals surface area contributed by atoms with Crippen LogP contribution in [0.2, 0.25) is 0 Å². The molecule has 2 aromatic carbocycles. The van der Waals surface area contributed by atoms with Crippen molar-refractivity contribution in [1.82, 2.24) is 4.90 Å². The van der Waals surface area contributed by atoms with Crippen molar-refractivity contribution < 1.29 is 23.1 Å². The molecule has 1 N–H and O–H groups in total. The Hall–Kier alpha value is -3.22. The number of amides is 2. The summed E-state index contributed by atoms with van der Waals surface area (Å²) in [6, 6.07) is 11.5. The Bertz CT molecular complexity index is 922. The molecule has 3 rings (SSSR count). The Morgan fingerprint density at radius 1 is 1.10 bits per heavy atom. The summed E-state index contributed by atoms with van der Waals surface area (Å²) in [6.45, 7) is 0.276. The summed E-state index contributed by atoms with van der Waals surface area (Å²) in [7, 11) is 0. The number of anilines is 1. The van der Waals surface area contributed by atoms with E-state index in [4.69, 9.17) is 0 Å². The van der Waals surface area contributed by atoms with Gasteiger partial charge in [0.05, 0.1) is 11.3 Å². The number of aryl methyl sites for hydroxylation is 1. The normalized spacial score (nSPS) is 13.9. The molecular weight excluding hydrogens is 378 g/mol. The van der Waals surface area contributed by atoms with Gasteiger partial charge < -0.3 is 15.0 Å². The van der Waals surface area contributed by atoms with E-state index in [1.54, 1.807) is 35.2 Å². The van der Waals surface area contributed by atoms with E-state index in [9.17, 15) is 18.4 Å². The van der Waals surface area contributed by atoms with Gasteiger partial charge in [0.1, 0.15) is 5.75 Å². The van der Waals surface area contributed by atoms with Gasteiger partial charge in [-0.1, -0.05) is 30.3 Å². The molecule has 2 amide bonds. The maximum atomic E-state index is 12.8. The van der Waals surface area contributed by atoms with Crippen molar-refractivity contribution in [2.24, 2.45) is 0 Å². The standard InChI is InChI=1S/C22H22F2N2O3/c1-15-7-6-9-17(21(28)26-13-4-5-14-26)20(15)25-19(27)12-11-16-8-2-3-10-18(16)29-22(23)24/h2-3,6-12,22H,4-5,13-14H2,1H3,(H,25,27)/b12-11+. The number of halogens is 2. The topological polar surface area (TPSA) is 58.6 Å². The highest BCUT2D eigenvalue weighted by Gasteiger charge is 2.23. The molecule has 1 aliphatic heterocycles. The molecule has 0 radical (unpaired) electrons. The first-order valence-corrected chi connectivity index (χ1v) is 9.37. The Morgan fingerprint density at radius 3 is 2.55 bits per heavy atom. The van der Waals surface area contributed by atoms with Gasteiger partial charge >= 0.3 is 6.61 Å². The highest BCUT2D eigenvalue weighted by atomic mass is 19.3. The molecule has 1 fully saturated rings. The first-order valence-electron chi connectivity index (χ1n) is 9.37. The average molecular weight is 400 g/mol. The van der Waals surface area contributed by atoms with Gasteiger partial charge in [-0.15, -0.1) is 0 Å². The molecule has 0 atom stereocenters. The predicted octanol–water partition coefficient (Wildman–Crippen LogP) is 4.48. The van der Waals surface area contributed by atoms with Crippen molar-refractivity contribution in [3.63, 3.8) is 0 Å². The van der Waals surface area contributed by atoms with E-state index in [0.717, 1.165) is 18.4 Å². The number of rotatable bonds is 6. The van der Waals surface area contributed by atoms with Crippen LogP contribution >= 0.6 is 0 Å². The van der Waals surface area contributed by atoms with Crippen LogP contribution in [0.15, 0.2) is 48.5 Å². The molecule has 7 heteroatoms. The van der Waals surface area contributed by atoms with Crippen LogP contribution in [0, 0.1) is 6.92 Å². The fourth-order valence-electron chi connectivity index (χ4n) is 3.25. The minimum atomic E-state index is -2.95. The number of benzene rings is 2. The molecule has 2 aromatic rings. The number of hydrogen-bond acceptors (Lipinski definition) is 3. The van der Waals surface area contributed by atoms with Gasteiger partial charge in [-0.05, 0) is 43.5 Å². The fraction of sp³-hybridized carbons (Fsp3) is 0.273. The van der Waals surface area contributed by atoms with Crippen molar-refractivity contribution in [2.75, 3.05) is 18.4 Å². The zero-order valence-electron chi connectivity index (χ0n) is 16.0. The van der Waals surface area contributed by atoms with Gasteiger partial charge in [0.25, 0.3) is 5.91 Å². The second-order valence-electron chi connectivity index (χ2n) is 6.74. The molecule has 1 aliphatic rings. The van der Waals surface area contributed by atoms with E-state index >= 15 is 0 Å². The van der Waals surface area contributed by atoms with Crippen LogP contribution in [-0.2, 0) is 4.79 Å². The SMILES string of the molecule is Cc1cccc(C(=O)N2CCCC2)c1NC(=O)/C=C/c1ccccc1OC(F)F. The minimum absolute atomic E-state index is 0.0210. The van der Waals surface area contributed by atoms with Crippen molar-refractivity contribution in [1.29, 1.82) is 0 Å². The van der Waals surface area contributed by atoms with Gasteiger partial charge in [0.2, 0.25) is 5.91 Å². The molecule has 152 valence electrons. The Labute approximate surface area is 168 Å². The minimum Gasteiger partial charge on any atom is -0.434 e. The van der Waals surface area contributed by atoms with Gasteiger partial charge in [0.15, 0.2) is 0 Å². The molecule has 0 unspecified atom stereocenters. The molecule has 0 aromatic heterocycles. The van der Waals surface area contributed by atoms with Crippen LogP contribution < -0.4 is 10.1 Å². The number of nitrogens with one attached hydrogen (secondary N) is 1. The Morgan fingerprint density at radius 2 is 1.83 bits per heavy atom. The zero-order chi connectivity index (χ0) is 20.8. The van der Waals surface area contributed by atoms with Crippen LogP contribution in [-0.4, -0.2) is 36.4 Å². The Balaban J connectivity index is 1.78. The van der Waals surface area contributed by atoms with Crippen LogP contribution in [0.5, 0.6) is 5.75 Å².